The molecule has 0 spiro atoms. The van der Waals surface area contributed by atoms with Gasteiger partial charge in [0.2, 0.25) is 11.1 Å². The van der Waals surface area contributed by atoms with E-state index >= 15 is 0 Å². The fourth-order valence-corrected chi connectivity index (χ4v) is 4.36. The maximum atomic E-state index is 13.3. The summed E-state index contributed by atoms with van der Waals surface area (Å²) >= 11 is 1.33. The first-order valence-corrected chi connectivity index (χ1v) is 10.8. The van der Waals surface area contributed by atoms with E-state index in [-0.39, 0.29) is 5.91 Å². The second-order valence-corrected chi connectivity index (χ2v) is 8.45. The normalized spacial score (nSPS) is 11.8. The van der Waals surface area contributed by atoms with Crippen LogP contribution in [0.5, 0.6) is 0 Å². The van der Waals surface area contributed by atoms with E-state index in [1.54, 1.807) is 4.68 Å². The lowest BCUT2D eigenvalue weighted by Crippen LogP contribution is -2.19. The van der Waals surface area contributed by atoms with Gasteiger partial charge in [-0.2, -0.15) is 4.68 Å². The molecule has 31 heavy (non-hydrogen) atoms. The monoisotopic (exact) mass is 429 g/mol. The number of carbonyl (C=O) groups is 1. The largest absolute Gasteiger partial charge is 0.325 e. The van der Waals surface area contributed by atoms with Crippen molar-refractivity contribution in [3.05, 3.63) is 95.1 Å². The van der Waals surface area contributed by atoms with Crippen molar-refractivity contribution in [2.24, 2.45) is 0 Å². The molecule has 0 aliphatic heterocycles. The van der Waals surface area contributed by atoms with Crippen molar-refractivity contribution in [3.8, 4) is 5.69 Å². The number of para-hydroxylation sites is 1. The number of nitrogens with one attached hydrogen (secondary N) is 1. The summed E-state index contributed by atoms with van der Waals surface area (Å²) in [5.41, 5.74) is 5.84. The third-order valence-electron chi connectivity index (χ3n) is 4.98. The number of nitrogens with zero attached hydrogens (tertiary/aromatic N) is 4. The van der Waals surface area contributed by atoms with Gasteiger partial charge in [-0.25, -0.2) is 0 Å². The minimum absolute atomic E-state index is 0.129. The third kappa shape index (κ3) is 4.67. The zero-order valence-electron chi connectivity index (χ0n) is 17.6. The van der Waals surface area contributed by atoms with Crippen molar-refractivity contribution >= 4 is 23.4 Å². The average molecular weight is 430 g/mol. The summed E-state index contributed by atoms with van der Waals surface area (Å²) in [4.78, 5) is 13.3. The van der Waals surface area contributed by atoms with Gasteiger partial charge in [0.15, 0.2) is 0 Å². The molecular weight excluding hydrogens is 406 g/mol. The van der Waals surface area contributed by atoms with Crippen LogP contribution >= 0.6 is 11.8 Å². The Hall–Kier alpha value is -3.45. The number of benzene rings is 3. The Labute approximate surface area is 185 Å². The summed E-state index contributed by atoms with van der Waals surface area (Å²) in [7, 11) is 0. The molecule has 1 heterocycles. The van der Waals surface area contributed by atoms with E-state index in [2.05, 4.69) is 20.8 Å². The molecule has 0 saturated carbocycles. The maximum Gasteiger partial charge on any atom is 0.242 e. The number of hydrogen-bond acceptors (Lipinski definition) is 5. The highest BCUT2D eigenvalue weighted by Gasteiger charge is 2.26. The summed E-state index contributed by atoms with van der Waals surface area (Å²) in [6.45, 7) is 6.07. The Morgan fingerprint density at radius 1 is 0.903 bits per heavy atom. The number of rotatable bonds is 6. The number of carbonyl (C=O) groups excluding carboxylic acids is 1. The predicted molar refractivity (Wildman–Crippen MR) is 123 cm³/mol. The number of tetrazole rings is 1. The molecule has 0 fully saturated rings. The lowest BCUT2D eigenvalue weighted by Gasteiger charge is -2.17. The van der Waals surface area contributed by atoms with Crippen LogP contribution < -0.4 is 5.32 Å². The van der Waals surface area contributed by atoms with Gasteiger partial charge in [0, 0.05) is 5.69 Å². The first-order chi connectivity index (χ1) is 15.0. The van der Waals surface area contributed by atoms with Crippen molar-refractivity contribution in [2.75, 3.05) is 5.32 Å². The van der Waals surface area contributed by atoms with E-state index in [0.29, 0.717) is 5.16 Å². The fraction of sp³-hybridized carbons (Fsp3) is 0.167. The van der Waals surface area contributed by atoms with Crippen LogP contribution in [0.2, 0.25) is 0 Å². The van der Waals surface area contributed by atoms with E-state index in [4.69, 9.17) is 0 Å². The highest BCUT2D eigenvalue weighted by molar-refractivity contribution is 8.00. The quantitative estimate of drug-likeness (QED) is 0.434. The van der Waals surface area contributed by atoms with E-state index < -0.39 is 5.25 Å². The smallest absolute Gasteiger partial charge is 0.242 e. The summed E-state index contributed by atoms with van der Waals surface area (Å²) in [6.07, 6.45) is 0. The van der Waals surface area contributed by atoms with Gasteiger partial charge < -0.3 is 5.32 Å². The van der Waals surface area contributed by atoms with E-state index in [9.17, 15) is 4.79 Å². The molecule has 1 N–H and O–H groups in total. The molecule has 0 bridgehead atoms. The van der Waals surface area contributed by atoms with Crippen molar-refractivity contribution < 1.29 is 4.79 Å². The standard InChI is InChI=1S/C24H23N5OS/c1-16-12-14-20(15-13-16)25-23(30)22(19-10-5-4-6-11-19)31-24-26-27-28-29(24)21-17(2)8-7-9-18(21)3/h4-15,22H,1-3H3,(H,25,30). The number of hydrogen-bond donors (Lipinski definition) is 1. The molecule has 0 aliphatic carbocycles. The van der Waals surface area contributed by atoms with E-state index in [1.165, 1.54) is 11.8 Å². The number of aromatic nitrogens is 4. The van der Waals surface area contributed by atoms with Gasteiger partial charge in [-0.3, -0.25) is 4.79 Å². The van der Waals surface area contributed by atoms with Crippen LogP contribution in [-0.4, -0.2) is 26.1 Å². The lowest BCUT2D eigenvalue weighted by molar-refractivity contribution is -0.115. The van der Waals surface area contributed by atoms with Crippen molar-refractivity contribution in [3.63, 3.8) is 0 Å². The molecular formula is C24H23N5OS. The zero-order valence-corrected chi connectivity index (χ0v) is 18.4. The maximum absolute atomic E-state index is 13.3. The Morgan fingerprint density at radius 3 is 2.26 bits per heavy atom. The second-order valence-electron chi connectivity index (χ2n) is 7.38. The highest BCUT2D eigenvalue weighted by Crippen LogP contribution is 2.36. The van der Waals surface area contributed by atoms with Gasteiger partial charge in [0.05, 0.1) is 5.69 Å². The molecule has 156 valence electrons. The Bertz CT molecular complexity index is 1170. The van der Waals surface area contributed by atoms with Crippen LogP contribution in [0.4, 0.5) is 5.69 Å². The first kappa shape index (κ1) is 20.8. The number of thioether (sulfide) groups is 1. The summed E-state index contributed by atoms with van der Waals surface area (Å²) in [5, 5.41) is 15.4. The van der Waals surface area contributed by atoms with Crippen LogP contribution in [-0.2, 0) is 4.79 Å². The SMILES string of the molecule is Cc1ccc(NC(=O)C(Sc2nnnn2-c2c(C)cccc2C)c2ccccc2)cc1. The second kappa shape index (κ2) is 9.14. The first-order valence-electron chi connectivity index (χ1n) is 9.97. The molecule has 3 aromatic carbocycles. The van der Waals surface area contributed by atoms with Crippen LogP contribution in [0.25, 0.3) is 5.69 Å². The zero-order chi connectivity index (χ0) is 21.8. The molecule has 0 saturated heterocycles. The minimum atomic E-state index is -0.517. The minimum Gasteiger partial charge on any atom is -0.325 e. The molecule has 1 amide bonds. The molecule has 6 nitrogen and oxygen atoms in total. The molecule has 7 heteroatoms. The van der Waals surface area contributed by atoms with Gasteiger partial charge in [0.25, 0.3) is 0 Å². The van der Waals surface area contributed by atoms with Crippen molar-refractivity contribution in [1.82, 2.24) is 20.2 Å². The Kier molecular flexibility index (Phi) is 6.13. The number of anilines is 1. The molecule has 1 unspecified atom stereocenters. The van der Waals surface area contributed by atoms with Crippen molar-refractivity contribution in [1.29, 1.82) is 0 Å². The topological polar surface area (TPSA) is 72.7 Å². The van der Waals surface area contributed by atoms with Crippen LogP contribution in [0, 0.1) is 20.8 Å². The molecule has 1 atom stereocenters. The Balaban J connectivity index is 1.68. The summed E-state index contributed by atoms with van der Waals surface area (Å²) in [5.74, 6) is -0.129. The van der Waals surface area contributed by atoms with Crippen LogP contribution in [0.1, 0.15) is 27.5 Å². The summed E-state index contributed by atoms with van der Waals surface area (Å²) in [6, 6.07) is 23.5. The van der Waals surface area contributed by atoms with Gasteiger partial charge >= 0.3 is 0 Å². The number of amides is 1. The van der Waals surface area contributed by atoms with Crippen molar-refractivity contribution in [2.45, 2.75) is 31.2 Å². The van der Waals surface area contributed by atoms with E-state index in [1.807, 2.05) is 93.6 Å². The molecule has 1 aromatic heterocycles. The van der Waals surface area contributed by atoms with Gasteiger partial charge in [-0.15, -0.1) is 5.10 Å². The Morgan fingerprint density at radius 2 is 1.58 bits per heavy atom. The van der Waals surface area contributed by atoms with E-state index in [0.717, 1.165) is 33.6 Å². The lowest BCUT2D eigenvalue weighted by atomic mass is 10.1. The number of aryl methyl sites for hydroxylation is 3. The molecule has 0 radical (unpaired) electrons. The molecule has 0 aliphatic rings. The van der Waals surface area contributed by atoms with Crippen LogP contribution in [0.15, 0.2) is 78.0 Å². The third-order valence-corrected chi connectivity index (χ3v) is 6.16. The molecule has 4 aromatic rings. The van der Waals surface area contributed by atoms with Gasteiger partial charge in [-0.1, -0.05) is 78.0 Å². The predicted octanol–water partition coefficient (Wildman–Crippen LogP) is 5.06. The van der Waals surface area contributed by atoms with Crippen LogP contribution in [0.3, 0.4) is 0 Å². The highest BCUT2D eigenvalue weighted by atomic mass is 32.2. The summed E-state index contributed by atoms with van der Waals surface area (Å²) < 4.78 is 1.71. The average Bonchev–Trinajstić information content (AvgIpc) is 3.22. The van der Waals surface area contributed by atoms with Gasteiger partial charge in [0.1, 0.15) is 5.25 Å². The molecule has 4 rings (SSSR count). The van der Waals surface area contributed by atoms with Gasteiger partial charge in [-0.05, 0) is 60.0 Å². The fourth-order valence-electron chi connectivity index (χ4n) is 3.38.